The van der Waals surface area contributed by atoms with Crippen LogP contribution in [0.15, 0.2) is 48.5 Å². The molecule has 2 aromatic carbocycles. The van der Waals surface area contributed by atoms with E-state index in [-0.39, 0.29) is 12.5 Å². The lowest BCUT2D eigenvalue weighted by Gasteiger charge is -2.19. The number of hydrogen-bond acceptors (Lipinski definition) is 3. The molecule has 0 bridgehead atoms. The highest BCUT2D eigenvalue weighted by Gasteiger charge is 2.13. The quantitative estimate of drug-likeness (QED) is 0.765. The second-order valence-electron chi connectivity index (χ2n) is 5.80. The predicted octanol–water partition coefficient (Wildman–Crippen LogP) is 3.19. The lowest BCUT2D eigenvalue weighted by Crippen LogP contribution is -2.33. The van der Waals surface area contributed by atoms with Gasteiger partial charge in [0.25, 0.3) is 11.8 Å². The third-order valence-electron chi connectivity index (χ3n) is 3.94. The van der Waals surface area contributed by atoms with Gasteiger partial charge in [-0.1, -0.05) is 23.7 Å². The Morgan fingerprint density at radius 2 is 1.63 bits per heavy atom. The van der Waals surface area contributed by atoms with Gasteiger partial charge in [-0.3, -0.25) is 14.4 Å². The Hall–Kier alpha value is -2.86. The number of rotatable bonds is 7. The van der Waals surface area contributed by atoms with Crippen LogP contribution in [0.1, 0.15) is 34.6 Å². The van der Waals surface area contributed by atoms with E-state index in [9.17, 15) is 14.4 Å². The van der Waals surface area contributed by atoms with Crippen LogP contribution in [0.25, 0.3) is 0 Å². The maximum absolute atomic E-state index is 12.4. The molecule has 142 valence electrons. The average molecular weight is 388 g/mol. The second-order valence-corrected chi connectivity index (χ2v) is 6.24. The maximum Gasteiger partial charge on any atom is 0.253 e. The highest BCUT2D eigenvalue weighted by Crippen LogP contribution is 2.13. The summed E-state index contributed by atoms with van der Waals surface area (Å²) in [4.78, 5) is 38.2. The first-order valence-electron chi connectivity index (χ1n) is 8.67. The Morgan fingerprint density at radius 1 is 0.963 bits per heavy atom. The number of benzene rings is 2. The van der Waals surface area contributed by atoms with Crippen molar-refractivity contribution >= 4 is 35.0 Å². The fourth-order valence-corrected chi connectivity index (χ4v) is 2.71. The third kappa shape index (κ3) is 5.82. The zero-order chi connectivity index (χ0) is 19.8. The van der Waals surface area contributed by atoms with E-state index in [0.29, 0.717) is 34.9 Å². The summed E-state index contributed by atoms with van der Waals surface area (Å²) in [5.41, 5.74) is 1.37. The SMILES string of the molecule is CCN(CC)C(=O)c1cccc(NC(=O)CNC(=O)c2cccc(Cl)c2)c1. The van der Waals surface area contributed by atoms with Crippen molar-refractivity contribution in [3.05, 3.63) is 64.7 Å². The van der Waals surface area contributed by atoms with E-state index in [1.165, 1.54) is 6.07 Å². The number of hydrogen-bond donors (Lipinski definition) is 2. The summed E-state index contributed by atoms with van der Waals surface area (Å²) in [6.07, 6.45) is 0. The number of amides is 3. The topological polar surface area (TPSA) is 78.5 Å². The fourth-order valence-electron chi connectivity index (χ4n) is 2.52. The van der Waals surface area contributed by atoms with Crippen LogP contribution < -0.4 is 10.6 Å². The summed E-state index contributed by atoms with van der Waals surface area (Å²) in [6.45, 7) is 4.85. The first kappa shape index (κ1) is 20.5. The van der Waals surface area contributed by atoms with Crippen LogP contribution in [0.3, 0.4) is 0 Å². The highest BCUT2D eigenvalue weighted by atomic mass is 35.5. The number of carbonyl (C=O) groups is 3. The van der Waals surface area contributed by atoms with Crippen LogP contribution in [-0.4, -0.2) is 42.3 Å². The molecule has 0 heterocycles. The molecule has 6 nitrogen and oxygen atoms in total. The minimum atomic E-state index is -0.391. The summed E-state index contributed by atoms with van der Waals surface area (Å²) >= 11 is 5.85. The van der Waals surface area contributed by atoms with E-state index in [1.54, 1.807) is 47.4 Å². The number of carbonyl (C=O) groups excluding carboxylic acids is 3. The molecule has 0 radical (unpaired) electrons. The van der Waals surface area contributed by atoms with Gasteiger partial charge in [-0.25, -0.2) is 0 Å². The predicted molar refractivity (Wildman–Crippen MR) is 106 cm³/mol. The van der Waals surface area contributed by atoms with Gasteiger partial charge in [-0.15, -0.1) is 0 Å². The lowest BCUT2D eigenvalue weighted by atomic mass is 10.1. The van der Waals surface area contributed by atoms with Crippen molar-refractivity contribution in [1.82, 2.24) is 10.2 Å². The monoisotopic (exact) mass is 387 g/mol. The van der Waals surface area contributed by atoms with Crippen molar-refractivity contribution in [3.63, 3.8) is 0 Å². The van der Waals surface area contributed by atoms with Crippen molar-refractivity contribution in [2.45, 2.75) is 13.8 Å². The molecule has 3 amide bonds. The maximum atomic E-state index is 12.4. The van der Waals surface area contributed by atoms with Crippen LogP contribution in [0.4, 0.5) is 5.69 Å². The van der Waals surface area contributed by atoms with E-state index in [4.69, 9.17) is 11.6 Å². The van der Waals surface area contributed by atoms with Gasteiger partial charge in [0.15, 0.2) is 0 Å². The molecule has 0 aliphatic carbocycles. The van der Waals surface area contributed by atoms with Crippen LogP contribution in [-0.2, 0) is 4.79 Å². The molecule has 0 aromatic heterocycles. The van der Waals surface area contributed by atoms with Crippen LogP contribution >= 0.6 is 11.6 Å². The number of nitrogens with zero attached hydrogens (tertiary/aromatic N) is 1. The van der Waals surface area contributed by atoms with Gasteiger partial charge in [0.1, 0.15) is 0 Å². The molecule has 0 atom stereocenters. The highest BCUT2D eigenvalue weighted by molar-refractivity contribution is 6.31. The Kier molecular flexibility index (Phi) is 7.37. The second kappa shape index (κ2) is 9.73. The van der Waals surface area contributed by atoms with Gasteiger partial charge >= 0.3 is 0 Å². The van der Waals surface area contributed by atoms with Crippen LogP contribution in [0.2, 0.25) is 5.02 Å². The molecular weight excluding hydrogens is 366 g/mol. The average Bonchev–Trinajstić information content (AvgIpc) is 2.67. The Bertz CT molecular complexity index is 835. The normalized spacial score (nSPS) is 10.2. The van der Waals surface area contributed by atoms with Gasteiger partial charge in [-0.05, 0) is 50.2 Å². The molecule has 2 rings (SSSR count). The van der Waals surface area contributed by atoms with Gasteiger partial charge in [0, 0.05) is 34.9 Å². The Labute approximate surface area is 163 Å². The van der Waals surface area contributed by atoms with Crippen molar-refractivity contribution in [1.29, 1.82) is 0 Å². The van der Waals surface area contributed by atoms with Crippen LogP contribution in [0.5, 0.6) is 0 Å². The van der Waals surface area contributed by atoms with E-state index < -0.39 is 11.8 Å². The minimum absolute atomic E-state index is 0.0923. The lowest BCUT2D eigenvalue weighted by molar-refractivity contribution is -0.115. The van der Waals surface area contributed by atoms with E-state index in [0.717, 1.165) is 0 Å². The molecule has 0 saturated heterocycles. The molecule has 0 unspecified atom stereocenters. The molecule has 0 fully saturated rings. The largest absolute Gasteiger partial charge is 0.343 e. The van der Waals surface area contributed by atoms with Crippen molar-refractivity contribution < 1.29 is 14.4 Å². The molecule has 0 aliphatic heterocycles. The van der Waals surface area contributed by atoms with Crippen molar-refractivity contribution in [2.24, 2.45) is 0 Å². The Morgan fingerprint density at radius 3 is 2.30 bits per heavy atom. The molecular formula is C20H22ClN3O3. The van der Waals surface area contributed by atoms with Crippen LogP contribution in [0, 0.1) is 0 Å². The fraction of sp³-hybridized carbons (Fsp3) is 0.250. The number of anilines is 1. The molecule has 2 aromatic rings. The van der Waals surface area contributed by atoms with Gasteiger partial charge < -0.3 is 15.5 Å². The standard InChI is InChI=1S/C20H22ClN3O3/c1-3-24(4-2)20(27)15-8-6-10-17(12-15)23-18(25)13-22-19(26)14-7-5-9-16(21)11-14/h5-12H,3-4,13H2,1-2H3,(H,22,26)(H,23,25). The number of halogens is 1. The summed E-state index contributed by atoms with van der Waals surface area (Å²) < 4.78 is 0. The first-order valence-corrected chi connectivity index (χ1v) is 9.05. The molecule has 2 N–H and O–H groups in total. The number of nitrogens with one attached hydrogen (secondary N) is 2. The molecule has 7 heteroatoms. The van der Waals surface area contributed by atoms with E-state index in [2.05, 4.69) is 10.6 Å². The molecule has 27 heavy (non-hydrogen) atoms. The summed E-state index contributed by atoms with van der Waals surface area (Å²) in [5, 5.41) is 5.66. The molecule has 0 aliphatic rings. The summed E-state index contributed by atoms with van der Waals surface area (Å²) in [5.74, 6) is -0.874. The first-order chi connectivity index (χ1) is 12.9. The summed E-state index contributed by atoms with van der Waals surface area (Å²) in [6, 6.07) is 13.2. The zero-order valence-electron chi connectivity index (χ0n) is 15.3. The minimum Gasteiger partial charge on any atom is -0.343 e. The summed E-state index contributed by atoms with van der Waals surface area (Å²) in [7, 11) is 0. The van der Waals surface area contributed by atoms with Gasteiger partial charge in [0.05, 0.1) is 6.54 Å². The van der Waals surface area contributed by atoms with E-state index in [1.807, 2.05) is 13.8 Å². The molecule has 0 saturated carbocycles. The van der Waals surface area contributed by atoms with Gasteiger partial charge in [0.2, 0.25) is 5.91 Å². The smallest absolute Gasteiger partial charge is 0.253 e. The zero-order valence-corrected chi connectivity index (χ0v) is 16.0. The van der Waals surface area contributed by atoms with Crippen molar-refractivity contribution in [3.8, 4) is 0 Å². The van der Waals surface area contributed by atoms with E-state index >= 15 is 0 Å². The van der Waals surface area contributed by atoms with Gasteiger partial charge in [-0.2, -0.15) is 0 Å². The van der Waals surface area contributed by atoms with Crippen molar-refractivity contribution in [2.75, 3.05) is 25.0 Å². The Balaban J connectivity index is 1.95. The third-order valence-corrected chi connectivity index (χ3v) is 4.18. The molecule has 0 spiro atoms.